The molecule has 0 unspecified atom stereocenters. The van der Waals surface area contributed by atoms with E-state index in [1.807, 2.05) is 31.8 Å². The summed E-state index contributed by atoms with van der Waals surface area (Å²) in [7, 11) is 0. The topological polar surface area (TPSA) is 51.3 Å². The van der Waals surface area contributed by atoms with Gasteiger partial charge in [-0.3, -0.25) is 9.98 Å². The molecular formula is C29H39N3S. The van der Waals surface area contributed by atoms with Crippen molar-refractivity contribution in [2.45, 2.75) is 71.1 Å². The molecule has 0 aliphatic carbocycles. The zero-order chi connectivity index (χ0) is 24.1. The van der Waals surface area contributed by atoms with Crippen molar-refractivity contribution in [1.29, 1.82) is 0 Å². The van der Waals surface area contributed by atoms with Gasteiger partial charge in [-0.15, -0.1) is 0 Å². The van der Waals surface area contributed by atoms with Crippen molar-refractivity contribution in [2.24, 2.45) is 10.7 Å². The predicted octanol–water partition coefficient (Wildman–Crippen LogP) is 8.22. The molecule has 0 fully saturated rings. The van der Waals surface area contributed by atoms with Gasteiger partial charge in [0.1, 0.15) is 0 Å². The Hall–Kier alpha value is -2.43. The minimum atomic E-state index is 0.636. The molecule has 0 aliphatic rings. The van der Waals surface area contributed by atoms with Gasteiger partial charge in [0.05, 0.1) is 5.69 Å². The molecule has 33 heavy (non-hydrogen) atoms. The lowest BCUT2D eigenvalue weighted by atomic mass is 10.1. The average Bonchev–Trinajstić information content (AvgIpc) is 2.78. The van der Waals surface area contributed by atoms with Crippen LogP contribution in [0.4, 0.5) is 0 Å². The Morgan fingerprint density at radius 2 is 1.97 bits per heavy atom. The van der Waals surface area contributed by atoms with Crippen molar-refractivity contribution < 1.29 is 0 Å². The van der Waals surface area contributed by atoms with Crippen molar-refractivity contribution in [3.8, 4) is 11.3 Å². The summed E-state index contributed by atoms with van der Waals surface area (Å²) in [6.45, 7) is 13.0. The summed E-state index contributed by atoms with van der Waals surface area (Å²) in [4.78, 5) is 11.8. The number of allylic oxidation sites excluding steroid dienone is 4. The lowest BCUT2D eigenvalue weighted by Crippen LogP contribution is -2.03. The molecule has 0 spiro atoms. The Morgan fingerprint density at radius 3 is 2.61 bits per heavy atom. The molecule has 2 aromatic rings. The van der Waals surface area contributed by atoms with Crippen LogP contribution < -0.4 is 5.73 Å². The van der Waals surface area contributed by atoms with Gasteiger partial charge in [-0.1, -0.05) is 75.4 Å². The summed E-state index contributed by atoms with van der Waals surface area (Å²) < 4.78 is 0. The first-order valence-electron chi connectivity index (χ1n) is 12.0. The average molecular weight is 462 g/mol. The number of nitrogens with zero attached hydrogens (tertiary/aromatic N) is 2. The summed E-state index contributed by atoms with van der Waals surface area (Å²) in [5.74, 6) is 0. The number of aliphatic imine (C=N–C) groups is 1. The van der Waals surface area contributed by atoms with Crippen molar-refractivity contribution in [3.63, 3.8) is 0 Å². The van der Waals surface area contributed by atoms with Crippen molar-refractivity contribution >= 4 is 23.5 Å². The molecule has 0 saturated carbocycles. The van der Waals surface area contributed by atoms with Gasteiger partial charge < -0.3 is 5.73 Å². The molecule has 1 heterocycles. The van der Waals surface area contributed by atoms with Crippen LogP contribution in [0.5, 0.6) is 0 Å². The van der Waals surface area contributed by atoms with Gasteiger partial charge in [0.15, 0.2) is 0 Å². The van der Waals surface area contributed by atoms with E-state index >= 15 is 0 Å². The third-order valence-electron chi connectivity index (χ3n) is 5.06. The number of aromatic nitrogens is 1. The van der Waals surface area contributed by atoms with Crippen LogP contribution in [-0.2, 0) is 6.42 Å². The zero-order valence-corrected chi connectivity index (χ0v) is 21.5. The van der Waals surface area contributed by atoms with Gasteiger partial charge in [0, 0.05) is 28.1 Å². The maximum absolute atomic E-state index is 5.71. The summed E-state index contributed by atoms with van der Waals surface area (Å²) in [6.07, 6.45) is 15.1. The Bertz CT molecular complexity index is 984. The minimum absolute atomic E-state index is 0.636. The number of unbranched alkanes of at least 4 members (excludes halogenated alkanes) is 2. The van der Waals surface area contributed by atoms with Crippen LogP contribution in [-0.4, -0.2) is 17.2 Å². The first kappa shape index (κ1) is 26.8. The summed E-state index contributed by atoms with van der Waals surface area (Å²) >= 11 is 1.83. The molecule has 0 atom stereocenters. The number of nitrogens with two attached hydrogens (primary N) is 1. The second-order valence-electron chi connectivity index (χ2n) is 8.34. The van der Waals surface area contributed by atoms with E-state index in [4.69, 9.17) is 10.7 Å². The van der Waals surface area contributed by atoms with Gasteiger partial charge in [-0.05, 0) is 80.3 Å². The molecule has 3 nitrogen and oxygen atoms in total. The Labute approximate surface area is 205 Å². The molecule has 0 radical (unpaired) electrons. The third-order valence-corrected chi connectivity index (χ3v) is 6.20. The lowest BCUT2D eigenvalue weighted by molar-refractivity contribution is 0.809. The molecule has 0 bridgehead atoms. The third kappa shape index (κ3) is 9.53. The summed E-state index contributed by atoms with van der Waals surface area (Å²) in [6, 6.07) is 10.9. The maximum Gasteiger partial charge on any atom is 0.0713 e. The van der Waals surface area contributed by atoms with Gasteiger partial charge >= 0.3 is 0 Å². The smallest absolute Gasteiger partial charge is 0.0713 e. The van der Waals surface area contributed by atoms with Crippen LogP contribution in [0.2, 0.25) is 0 Å². The van der Waals surface area contributed by atoms with Crippen molar-refractivity contribution in [1.82, 2.24) is 4.98 Å². The van der Waals surface area contributed by atoms with Crippen LogP contribution >= 0.6 is 11.8 Å². The summed E-state index contributed by atoms with van der Waals surface area (Å²) in [5.41, 5.74) is 12.1. The predicted molar refractivity (Wildman–Crippen MR) is 148 cm³/mol. The largest absolute Gasteiger partial charge is 0.330 e. The van der Waals surface area contributed by atoms with Gasteiger partial charge in [0.25, 0.3) is 0 Å². The van der Waals surface area contributed by atoms with Crippen molar-refractivity contribution in [3.05, 3.63) is 77.0 Å². The van der Waals surface area contributed by atoms with Crippen molar-refractivity contribution in [2.75, 3.05) is 6.54 Å². The molecule has 176 valence electrons. The molecule has 2 N–H and O–H groups in total. The van der Waals surface area contributed by atoms with Gasteiger partial charge in [-0.2, -0.15) is 0 Å². The fraction of sp³-hybridized carbons (Fsp3) is 0.379. The molecule has 0 aliphatic heterocycles. The quantitative estimate of drug-likeness (QED) is 0.241. The van der Waals surface area contributed by atoms with E-state index < -0.39 is 0 Å². The van der Waals surface area contributed by atoms with E-state index in [0.29, 0.717) is 6.54 Å². The number of hydrogen-bond donors (Lipinski definition) is 1. The van der Waals surface area contributed by atoms with Crippen LogP contribution in [0.25, 0.3) is 17.3 Å². The maximum atomic E-state index is 5.71. The fourth-order valence-electron chi connectivity index (χ4n) is 3.43. The number of hydrogen-bond acceptors (Lipinski definition) is 4. The highest BCUT2D eigenvalue weighted by atomic mass is 32.2. The zero-order valence-electron chi connectivity index (χ0n) is 20.7. The SMILES string of the molecule is C=C(C)N=C(C)/C=C(\CCCC)Sc1cc(/C=C\CCC)ccc1-c1ccc(CCN)cn1. The number of benzene rings is 1. The summed E-state index contributed by atoms with van der Waals surface area (Å²) in [5, 5.41) is 0. The van der Waals surface area contributed by atoms with Crippen LogP contribution in [0.1, 0.15) is 70.9 Å². The van der Waals surface area contributed by atoms with E-state index in [0.717, 1.165) is 61.2 Å². The molecule has 0 amide bonds. The fourth-order valence-corrected chi connectivity index (χ4v) is 4.67. The van der Waals surface area contributed by atoms with E-state index in [9.17, 15) is 0 Å². The molecule has 2 rings (SSSR count). The molecule has 1 aromatic carbocycles. The second kappa shape index (κ2) is 14.7. The van der Waals surface area contributed by atoms with E-state index in [-0.39, 0.29) is 0 Å². The molecule has 1 aromatic heterocycles. The minimum Gasteiger partial charge on any atom is -0.330 e. The Morgan fingerprint density at radius 1 is 1.15 bits per heavy atom. The highest BCUT2D eigenvalue weighted by Crippen LogP contribution is 2.38. The highest BCUT2D eigenvalue weighted by Gasteiger charge is 2.11. The molecular weight excluding hydrogens is 422 g/mol. The first-order valence-corrected chi connectivity index (χ1v) is 12.8. The van der Waals surface area contributed by atoms with Gasteiger partial charge in [0.2, 0.25) is 0 Å². The second-order valence-corrected chi connectivity index (χ2v) is 9.51. The molecule has 4 heteroatoms. The van der Waals surface area contributed by atoms with E-state index in [1.54, 1.807) is 0 Å². The first-order chi connectivity index (χ1) is 16.0. The Kier molecular flexibility index (Phi) is 11.9. The number of rotatable bonds is 13. The van der Waals surface area contributed by atoms with Crippen LogP contribution in [0.3, 0.4) is 0 Å². The van der Waals surface area contributed by atoms with E-state index in [1.165, 1.54) is 20.9 Å². The van der Waals surface area contributed by atoms with E-state index in [2.05, 4.69) is 74.0 Å². The normalized spacial score (nSPS) is 12.5. The Balaban J connectivity index is 2.48. The van der Waals surface area contributed by atoms with Gasteiger partial charge in [-0.25, -0.2) is 0 Å². The monoisotopic (exact) mass is 461 g/mol. The highest BCUT2D eigenvalue weighted by molar-refractivity contribution is 8.03. The number of thioether (sulfide) groups is 1. The molecule has 0 saturated heterocycles. The van der Waals surface area contributed by atoms with Crippen LogP contribution in [0, 0.1) is 0 Å². The number of pyridine rings is 1. The standard InChI is InChI=1S/C29H39N3S/c1-6-8-10-11-24-13-15-27(28-16-14-25(17-18-30)21-31-28)29(20-24)33-26(12-9-7-2)19-23(5)32-22(3)4/h10-11,13-16,19-21H,3,6-9,12,17-18,30H2,1-2,4-5H3/b11-10-,26-19+,32-23?. The lowest BCUT2D eigenvalue weighted by Gasteiger charge is -2.13. The van der Waals surface area contributed by atoms with Crippen LogP contribution in [0.15, 0.2) is 75.7 Å².